The third-order valence-electron chi connectivity index (χ3n) is 7.29. The fourth-order valence-corrected chi connectivity index (χ4v) is 4.98. The molecule has 6 nitrogen and oxygen atoms in total. The number of anilines is 1. The van der Waals surface area contributed by atoms with Crippen LogP contribution in [0.4, 0.5) is 11.5 Å². The molecule has 3 heterocycles. The van der Waals surface area contributed by atoms with E-state index in [4.69, 9.17) is 10.1 Å². The third-order valence-corrected chi connectivity index (χ3v) is 7.29. The fourth-order valence-electron chi connectivity index (χ4n) is 4.98. The van der Waals surface area contributed by atoms with Gasteiger partial charge in [-0.05, 0) is 24.3 Å². The molecule has 1 saturated heterocycles. The largest absolute Gasteiger partial charge is 0.395 e. The van der Waals surface area contributed by atoms with Gasteiger partial charge in [0.1, 0.15) is 11.5 Å². The van der Waals surface area contributed by atoms with Crippen molar-refractivity contribution >= 4 is 11.5 Å². The lowest BCUT2D eigenvalue weighted by Crippen LogP contribution is -2.48. The summed E-state index contributed by atoms with van der Waals surface area (Å²) in [6.45, 7) is 12.9. The van der Waals surface area contributed by atoms with Crippen LogP contribution in [0.15, 0.2) is 36.4 Å². The highest BCUT2D eigenvalue weighted by atomic mass is 16.3. The molecule has 4 rings (SSSR count). The Morgan fingerprint density at radius 1 is 1.06 bits per heavy atom. The number of piperazine rings is 1. The number of aliphatic hydroxyl groups excluding tert-OH is 1. The van der Waals surface area contributed by atoms with Crippen molar-refractivity contribution in [1.29, 1.82) is 0 Å². The first kappa shape index (κ1) is 23.2. The molecule has 0 saturated carbocycles. The second-order valence-electron chi connectivity index (χ2n) is 10.5. The molecule has 2 aromatic rings. The topological polar surface area (TPSA) is 51.6 Å². The Labute approximate surface area is 193 Å². The molecule has 1 aromatic carbocycles. The van der Waals surface area contributed by atoms with E-state index in [9.17, 15) is 0 Å². The Kier molecular flexibility index (Phi) is 6.86. The molecule has 0 unspecified atom stereocenters. The average molecular weight is 439 g/mol. The standard InChI is InChI=1S/C26H40N5O/c1-26(2)10-18-31(3,4)24-9-8-21(20-22(24)26)23-6-5-7-25(28-23)30-16-14-29(15-17-30)13-11-27-12-19-32/h5-9,20,27,32H,10-19H2,1-4H3/q+1. The zero-order valence-electron chi connectivity index (χ0n) is 20.3. The highest BCUT2D eigenvalue weighted by Crippen LogP contribution is 2.43. The third kappa shape index (κ3) is 4.99. The van der Waals surface area contributed by atoms with E-state index in [2.05, 4.69) is 79.5 Å². The summed E-state index contributed by atoms with van der Waals surface area (Å²) < 4.78 is 0.951. The normalized spacial score (nSPS) is 20.2. The SMILES string of the molecule is CC1(C)CC[N+](C)(C)c2ccc(-c3cccc(N4CCN(CCNCCO)CC4)n3)cc21. The van der Waals surface area contributed by atoms with E-state index in [1.54, 1.807) is 0 Å². The van der Waals surface area contributed by atoms with Crippen LogP contribution in [0.2, 0.25) is 0 Å². The molecule has 0 aliphatic carbocycles. The quantitative estimate of drug-likeness (QED) is 0.514. The fraction of sp³-hybridized carbons (Fsp3) is 0.577. The van der Waals surface area contributed by atoms with Gasteiger partial charge in [0.05, 0.1) is 32.9 Å². The number of hydrogen-bond acceptors (Lipinski definition) is 5. The molecule has 1 aromatic heterocycles. The highest BCUT2D eigenvalue weighted by Gasteiger charge is 2.38. The van der Waals surface area contributed by atoms with E-state index in [0.29, 0.717) is 6.54 Å². The van der Waals surface area contributed by atoms with Crippen molar-refractivity contribution in [2.45, 2.75) is 25.7 Å². The van der Waals surface area contributed by atoms with Crippen LogP contribution < -0.4 is 14.7 Å². The van der Waals surface area contributed by atoms with Crippen molar-refractivity contribution in [1.82, 2.24) is 19.7 Å². The van der Waals surface area contributed by atoms with Crippen molar-refractivity contribution in [2.75, 3.05) is 78.0 Å². The molecule has 2 N–H and O–H groups in total. The number of hydrogen-bond donors (Lipinski definition) is 2. The lowest BCUT2D eigenvalue weighted by atomic mass is 9.76. The van der Waals surface area contributed by atoms with Crippen molar-refractivity contribution in [2.24, 2.45) is 0 Å². The van der Waals surface area contributed by atoms with Gasteiger partial charge in [-0.25, -0.2) is 4.98 Å². The lowest BCUT2D eigenvalue weighted by molar-refractivity contribution is 0.248. The number of quaternary nitrogens is 1. The van der Waals surface area contributed by atoms with E-state index in [1.807, 2.05) is 0 Å². The van der Waals surface area contributed by atoms with Gasteiger partial charge in [-0.2, -0.15) is 0 Å². The molecule has 0 atom stereocenters. The predicted molar refractivity (Wildman–Crippen MR) is 134 cm³/mol. The second kappa shape index (κ2) is 9.48. The number of aromatic nitrogens is 1. The lowest BCUT2D eigenvalue weighted by Gasteiger charge is -2.42. The molecule has 2 aliphatic heterocycles. The Bertz CT molecular complexity index is 918. The van der Waals surface area contributed by atoms with Crippen LogP contribution in [0.5, 0.6) is 0 Å². The van der Waals surface area contributed by atoms with E-state index < -0.39 is 0 Å². The number of nitrogens with zero attached hydrogens (tertiary/aromatic N) is 4. The summed E-state index contributed by atoms with van der Waals surface area (Å²) in [4.78, 5) is 9.96. The number of nitrogens with one attached hydrogen (secondary N) is 1. The van der Waals surface area contributed by atoms with Gasteiger partial charge in [-0.3, -0.25) is 9.38 Å². The first-order valence-corrected chi connectivity index (χ1v) is 12.0. The summed E-state index contributed by atoms with van der Waals surface area (Å²) in [5.74, 6) is 1.08. The van der Waals surface area contributed by atoms with E-state index >= 15 is 0 Å². The minimum atomic E-state index is 0.194. The molecule has 174 valence electrons. The van der Waals surface area contributed by atoms with Crippen LogP contribution >= 0.6 is 0 Å². The van der Waals surface area contributed by atoms with E-state index in [-0.39, 0.29) is 12.0 Å². The van der Waals surface area contributed by atoms with Crippen molar-refractivity contribution in [3.05, 3.63) is 42.0 Å². The van der Waals surface area contributed by atoms with Crippen molar-refractivity contribution in [3.8, 4) is 11.3 Å². The summed E-state index contributed by atoms with van der Waals surface area (Å²) in [6.07, 6.45) is 1.20. The summed E-state index contributed by atoms with van der Waals surface area (Å²) in [5.41, 5.74) is 5.37. The molecular weight excluding hydrogens is 398 g/mol. The molecule has 6 heteroatoms. The summed E-state index contributed by atoms with van der Waals surface area (Å²) in [5, 5.41) is 12.1. The maximum absolute atomic E-state index is 8.89. The summed E-state index contributed by atoms with van der Waals surface area (Å²) in [6, 6.07) is 13.4. The summed E-state index contributed by atoms with van der Waals surface area (Å²) in [7, 11) is 4.63. The Balaban J connectivity index is 1.47. The first-order chi connectivity index (χ1) is 15.3. The van der Waals surface area contributed by atoms with Crippen LogP contribution in [-0.2, 0) is 5.41 Å². The molecule has 0 bridgehead atoms. The predicted octanol–water partition coefficient (Wildman–Crippen LogP) is 2.70. The zero-order valence-corrected chi connectivity index (χ0v) is 20.3. The van der Waals surface area contributed by atoms with Gasteiger partial charge >= 0.3 is 0 Å². The Morgan fingerprint density at radius 2 is 1.84 bits per heavy atom. The minimum Gasteiger partial charge on any atom is -0.395 e. The van der Waals surface area contributed by atoms with Crippen molar-refractivity contribution in [3.63, 3.8) is 0 Å². The number of pyridine rings is 1. The molecule has 2 aliphatic rings. The Hall–Kier alpha value is -1.99. The average Bonchev–Trinajstić information content (AvgIpc) is 2.80. The molecule has 0 radical (unpaired) electrons. The van der Waals surface area contributed by atoms with Crippen LogP contribution in [0.25, 0.3) is 11.3 Å². The Morgan fingerprint density at radius 3 is 2.59 bits per heavy atom. The minimum absolute atomic E-state index is 0.194. The van der Waals surface area contributed by atoms with Gasteiger partial charge in [-0.15, -0.1) is 0 Å². The van der Waals surface area contributed by atoms with Gasteiger partial charge in [-0.1, -0.05) is 19.9 Å². The smallest absolute Gasteiger partial charge is 0.136 e. The molecule has 0 amide bonds. The highest BCUT2D eigenvalue weighted by molar-refractivity contribution is 5.68. The number of aliphatic hydroxyl groups is 1. The van der Waals surface area contributed by atoms with E-state index in [1.165, 1.54) is 29.8 Å². The molecule has 0 spiro atoms. The first-order valence-electron chi connectivity index (χ1n) is 12.0. The summed E-state index contributed by atoms with van der Waals surface area (Å²) >= 11 is 0. The monoisotopic (exact) mass is 438 g/mol. The van der Waals surface area contributed by atoms with Gasteiger partial charge < -0.3 is 15.3 Å². The number of rotatable bonds is 7. The second-order valence-corrected chi connectivity index (χ2v) is 10.5. The van der Waals surface area contributed by atoms with Crippen molar-refractivity contribution < 1.29 is 5.11 Å². The van der Waals surface area contributed by atoms with Crippen LogP contribution in [0.3, 0.4) is 0 Å². The maximum atomic E-state index is 8.89. The van der Waals surface area contributed by atoms with Crippen LogP contribution in [0, 0.1) is 0 Å². The van der Waals surface area contributed by atoms with Crippen LogP contribution in [-0.4, -0.2) is 88.1 Å². The maximum Gasteiger partial charge on any atom is 0.136 e. The number of benzene rings is 1. The molecule has 32 heavy (non-hydrogen) atoms. The number of fused-ring (bicyclic) bond motifs is 1. The molecular formula is C26H40N5O+. The van der Waals surface area contributed by atoms with Gasteiger partial charge in [0.15, 0.2) is 0 Å². The van der Waals surface area contributed by atoms with Gasteiger partial charge in [0.25, 0.3) is 0 Å². The van der Waals surface area contributed by atoms with Crippen LogP contribution in [0.1, 0.15) is 25.8 Å². The van der Waals surface area contributed by atoms with Gasteiger partial charge in [0.2, 0.25) is 0 Å². The zero-order chi connectivity index (χ0) is 22.8. The molecule has 1 fully saturated rings. The van der Waals surface area contributed by atoms with E-state index in [0.717, 1.165) is 55.3 Å². The van der Waals surface area contributed by atoms with Gasteiger partial charge in [0, 0.05) is 74.8 Å².